The van der Waals surface area contributed by atoms with E-state index in [-0.39, 0.29) is 24.4 Å². The topological polar surface area (TPSA) is 69.6 Å². The summed E-state index contributed by atoms with van der Waals surface area (Å²) in [5.74, 6) is -0.153. The molecule has 5 nitrogen and oxygen atoms in total. The minimum Gasteiger partial charge on any atom is -0.393 e. The summed E-state index contributed by atoms with van der Waals surface area (Å²) >= 11 is 0. The predicted molar refractivity (Wildman–Crippen MR) is 64.3 cm³/mol. The molecule has 1 heterocycles. The van der Waals surface area contributed by atoms with Gasteiger partial charge in [0.05, 0.1) is 12.6 Å². The van der Waals surface area contributed by atoms with Crippen LogP contribution in [0.15, 0.2) is 0 Å². The molecule has 0 aromatic rings. The van der Waals surface area contributed by atoms with E-state index in [1.165, 1.54) is 0 Å². The number of hydrogen-bond acceptors (Lipinski definition) is 3. The van der Waals surface area contributed by atoms with Crippen molar-refractivity contribution in [3.63, 3.8) is 0 Å². The molecule has 0 saturated carbocycles. The molecule has 1 saturated heterocycles. The molecule has 0 bridgehead atoms. The number of carbonyl (C=O) groups excluding carboxylic acids is 2. The maximum absolute atomic E-state index is 11.9. The lowest BCUT2D eigenvalue weighted by atomic mass is 10.1. The van der Waals surface area contributed by atoms with E-state index in [4.69, 9.17) is 0 Å². The molecule has 0 aromatic carbocycles. The average molecular weight is 242 g/mol. The molecule has 1 aliphatic rings. The van der Waals surface area contributed by atoms with Crippen LogP contribution in [0.25, 0.3) is 0 Å². The number of carbonyl (C=O) groups is 2. The van der Waals surface area contributed by atoms with Crippen LogP contribution in [0.2, 0.25) is 0 Å². The van der Waals surface area contributed by atoms with E-state index >= 15 is 0 Å². The number of amides is 2. The van der Waals surface area contributed by atoms with E-state index in [1.807, 2.05) is 0 Å². The first-order valence-electron chi connectivity index (χ1n) is 6.28. The number of aliphatic hydroxyl groups excluding tert-OH is 1. The summed E-state index contributed by atoms with van der Waals surface area (Å²) in [6, 6.07) is 0.126. The molecule has 17 heavy (non-hydrogen) atoms. The van der Waals surface area contributed by atoms with Gasteiger partial charge < -0.3 is 15.3 Å². The second-order valence-electron chi connectivity index (χ2n) is 4.60. The van der Waals surface area contributed by atoms with Gasteiger partial charge in [-0.3, -0.25) is 9.59 Å². The van der Waals surface area contributed by atoms with E-state index < -0.39 is 6.10 Å². The molecule has 2 N–H and O–H groups in total. The smallest absolute Gasteiger partial charge is 0.242 e. The highest BCUT2D eigenvalue weighted by Crippen LogP contribution is 2.21. The average Bonchev–Trinajstić information content (AvgIpc) is 2.72. The van der Waals surface area contributed by atoms with E-state index in [1.54, 1.807) is 18.7 Å². The van der Waals surface area contributed by atoms with Gasteiger partial charge >= 0.3 is 0 Å². The van der Waals surface area contributed by atoms with Crippen LogP contribution >= 0.6 is 0 Å². The Hall–Kier alpha value is -1.10. The third kappa shape index (κ3) is 4.34. The van der Waals surface area contributed by atoms with Gasteiger partial charge in [-0.05, 0) is 26.2 Å². The fraction of sp³-hybridized carbons (Fsp3) is 0.833. The second-order valence-corrected chi connectivity index (χ2v) is 4.60. The highest BCUT2D eigenvalue weighted by atomic mass is 16.3. The van der Waals surface area contributed by atoms with Gasteiger partial charge in [0.1, 0.15) is 0 Å². The van der Waals surface area contributed by atoms with Crippen molar-refractivity contribution in [2.24, 2.45) is 0 Å². The molecular weight excluding hydrogens is 220 g/mol. The van der Waals surface area contributed by atoms with Gasteiger partial charge in [0, 0.05) is 19.0 Å². The van der Waals surface area contributed by atoms with E-state index in [0.29, 0.717) is 12.8 Å². The monoisotopic (exact) mass is 242 g/mol. The van der Waals surface area contributed by atoms with Gasteiger partial charge in [-0.1, -0.05) is 6.92 Å². The zero-order valence-electron chi connectivity index (χ0n) is 10.6. The Morgan fingerprint density at radius 3 is 2.82 bits per heavy atom. The molecule has 0 spiro atoms. The van der Waals surface area contributed by atoms with Gasteiger partial charge in [-0.15, -0.1) is 0 Å². The molecule has 98 valence electrons. The van der Waals surface area contributed by atoms with Crippen molar-refractivity contribution < 1.29 is 14.7 Å². The Labute approximate surface area is 102 Å². The summed E-state index contributed by atoms with van der Waals surface area (Å²) in [6.07, 6.45) is 2.54. The highest BCUT2D eigenvalue weighted by Gasteiger charge is 2.29. The second kappa shape index (κ2) is 6.59. The zero-order valence-corrected chi connectivity index (χ0v) is 10.6. The molecule has 2 amide bonds. The van der Waals surface area contributed by atoms with Crippen molar-refractivity contribution in [3.05, 3.63) is 0 Å². The molecule has 0 radical (unpaired) electrons. The number of likely N-dealkylation sites (tertiary alicyclic amines) is 1. The van der Waals surface area contributed by atoms with Crippen LogP contribution < -0.4 is 5.32 Å². The fourth-order valence-electron chi connectivity index (χ4n) is 2.20. The first-order chi connectivity index (χ1) is 8.04. The lowest BCUT2D eigenvalue weighted by Gasteiger charge is -2.25. The summed E-state index contributed by atoms with van der Waals surface area (Å²) in [7, 11) is 0. The molecule has 5 heteroatoms. The van der Waals surface area contributed by atoms with Gasteiger partial charge in [0.2, 0.25) is 11.8 Å². The molecular formula is C12H22N2O3. The van der Waals surface area contributed by atoms with Crippen molar-refractivity contribution in [2.75, 3.05) is 13.1 Å². The molecule has 1 rings (SSSR count). The third-order valence-corrected chi connectivity index (χ3v) is 3.07. The van der Waals surface area contributed by atoms with Crippen molar-refractivity contribution in [1.82, 2.24) is 10.2 Å². The van der Waals surface area contributed by atoms with Crippen LogP contribution in [-0.2, 0) is 9.59 Å². The number of nitrogens with one attached hydrogen (secondary N) is 1. The van der Waals surface area contributed by atoms with E-state index in [2.05, 4.69) is 5.32 Å². The van der Waals surface area contributed by atoms with E-state index in [0.717, 1.165) is 19.4 Å². The van der Waals surface area contributed by atoms with Crippen LogP contribution in [0.4, 0.5) is 0 Å². The standard InChI is InChI=1S/C12H22N2O3/c1-3-11(16)13-8-12(17)14-6-4-5-10(14)7-9(2)15/h9-10,15H,3-8H2,1-2H3,(H,13,16). The largest absolute Gasteiger partial charge is 0.393 e. The number of nitrogens with zero attached hydrogens (tertiary/aromatic N) is 1. The predicted octanol–water partition coefficient (Wildman–Crippen LogP) is 0.274. The Bertz CT molecular complexity index is 279. The SMILES string of the molecule is CCC(=O)NCC(=O)N1CCCC1CC(C)O. The van der Waals surface area contributed by atoms with Gasteiger partial charge in [0.15, 0.2) is 0 Å². The molecule has 2 atom stereocenters. The van der Waals surface area contributed by atoms with Crippen molar-refractivity contribution in [2.45, 2.75) is 51.7 Å². The Kier molecular flexibility index (Phi) is 5.41. The van der Waals surface area contributed by atoms with Crippen molar-refractivity contribution in [3.8, 4) is 0 Å². The first-order valence-corrected chi connectivity index (χ1v) is 6.28. The molecule has 0 aliphatic carbocycles. The Morgan fingerprint density at radius 2 is 2.24 bits per heavy atom. The van der Waals surface area contributed by atoms with E-state index in [9.17, 15) is 14.7 Å². The van der Waals surface area contributed by atoms with Crippen LogP contribution in [0.1, 0.15) is 39.5 Å². The third-order valence-electron chi connectivity index (χ3n) is 3.07. The summed E-state index contributed by atoms with van der Waals surface area (Å²) < 4.78 is 0. The normalized spacial score (nSPS) is 21.4. The van der Waals surface area contributed by atoms with Crippen molar-refractivity contribution in [1.29, 1.82) is 0 Å². The minimum atomic E-state index is -0.390. The first kappa shape index (κ1) is 14.0. The van der Waals surface area contributed by atoms with Crippen LogP contribution in [-0.4, -0.2) is 47.1 Å². The maximum Gasteiger partial charge on any atom is 0.242 e. The maximum atomic E-state index is 11.9. The van der Waals surface area contributed by atoms with Crippen molar-refractivity contribution >= 4 is 11.8 Å². The molecule has 1 aliphatic heterocycles. The highest BCUT2D eigenvalue weighted by molar-refractivity contribution is 5.84. The molecule has 2 unspecified atom stereocenters. The van der Waals surface area contributed by atoms with Gasteiger partial charge in [-0.25, -0.2) is 0 Å². The molecule has 0 aromatic heterocycles. The lowest BCUT2D eigenvalue weighted by Crippen LogP contribution is -2.43. The lowest BCUT2D eigenvalue weighted by molar-refractivity contribution is -0.133. The van der Waals surface area contributed by atoms with Gasteiger partial charge in [0.25, 0.3) is 0 Å². The number of rotatable bonds is 5. The van der Waals surface area contributed by atoms with Crippen LogP contribution in [0.5, 0.6) is 0 Å². The Balaban J connectivity index is 2.41. The van der Waals surface area contributed by atoms with Gasteiger partial charge in [-0.2, -0.15) is 0 Å². The Morgan fingerprint density at radius 1 is 1.53 bits per heavy atom. The molecule has 1 fully saturated rings. The number of hydrogen-bond donors (Lipinski definition) is 2. The fourth-order valence-corrected chi connectivity index (χ4v) is 2.20. The summed E-state index contributed by atoms with van der Waals surface area (Å²) in [4.78, 5) is 24.7. The quantitative estimate of drug-likeness (QED) is 0.727. The summed E-state index contributed by atoms with van der Waals surface area (Å²) in [6.45, 7) is 4.30. The zero-order chi connectivity index (χ0) is 12.8. The summed E-state index contributed by atoms with van der Waals surface area (Å²) in [5, 5.41) is 12.0. The van der Waals surface area contributed by atoms with Crippen LogP contribution in [0, 0.1) is 0 Å². The minimum absolute atomic E-state index is 0.0463. The number of aliphatic hydroxyl groups is 1. The van der Waals surface area contributed by atoms with Crippen LogP contribution in [0.3, 0.4) is 0 Å². The summed E-state index contributed by atoms with van der Waals surface area (Å²) in [5.41, 5.74) is 0.